The van der Waals surface area contributed by atoms with Crippen molar-refractivity contribution < 1.29 is 14.3 Å². The predicted molar refractivity (Wildman–Crippen MR) is 109 cm³/mol. The lowest BCUT2D eigenvalue weighted by atomic mass is 9.77. The summed E-state index contributed by atoms with van der Waals surface area (Å²) < 4.78 is 5.40. The first kappa shape index (κ1) is 20.8. The Kier molecular flexibility index (Phi) is 7.08. The van der Waals surface area contributed by atoms with Crippen LogP contribution in [0.5, 0.6) is 0 Å². The van der Waals surface area contributed by atoms with Crippen molar-refractivity contribution in [1.29, 1.82) is 0 Å². The van der Waals surface area contributed by atoms with Crippen LogP contribution in [0.25, 0.3) is 0 Å². The van der Waals surface area contributed by atoms with Gasteiger partial charge in [0.1, 0.15) is 0 Å². The number of amides is 2. The third-order valence-electron chi connectivity index (χ3n) is 6.18. The largest absolute Gasteiger partial charge is 0.384 e. The molecule has 0 aliphatic carbocycles. The molecule has 2 amide bonds. The fraction of sp³-hybridized carbons (Fsp3) is 0.636. The SMILES string of the molecule is COCC1(C(=O)N2CCC(C(=O)NCc3ccc(C)cc3)CC2)CCNCC1. The zero-order chi connectivity index (χ0) is 20.0. The highest BCUT2D eigenvalue weighted by molar-refractivity contribution is 5.84. The van der Waals surface area contributed by atoms with Crippen LogP contribution in [0.3, 0.4) is 0 Å². The van der Waals surface area contributed by atoms with Gasteiger partial charge in [-0.05, 0) is 51.3 Å². The van der Waals surface area contributed by atoms with Gasteiger partial charge in [0.05, 0.1) is 12.0 Å². The van der Waals surface area contributed by atoms with Crippen LogP contribution in [0, 0.1) is 18.3 Å². The lowest BCUT2D eigenvalue weighted by Gasteiger charge is -2.41. The van der Waals surface area contributed by atoms with Crippen molar-refractivity contribution in [3.63, 3.8) is 0 Å². The normalized spacial score (nSPS) is 20.0. The second kappa shape index (κ2) is 9.52. The maximum atomic E-state index is 13.2. The summed E-state index contributed by atoms with van der Waals surface area (Å²) in [5, 5.41) is 6.38. The van der Waals surface area contributed by atoms with E-state index in [-0.39, 0.29) is 17.7 Å². The molecule has 0 radical (unpaired) electrons. The average molecular weight is 388 g/mol. The van der Waals surface area contributed by atoms with E-state index in [4.69, 9.17) is 4.74 Å². The third kappa shape index (κ3) is 4.92. The molecular formula is C22H33N3O3. The molecule has 1 aromatic rings. The summed E-state index contributed by atoms with van der Waals surface area (Å²) in [5.74, 6) is 0.288. The number of aryl methyl sites for hydroxylation is 1. The molecule has 0 spiro atoms. The number of methoxy groups -OCH3 is 1. The Balaban J connectivity index is 1.49. The summed E-state index contributed by atoms with van der Waals surface area (Å²) in [5.41, 5.74) is 1.92. The van der Waals surface area contributed by atoms with Crippen LogP contribution in [0.4, 0.5) is 0 Å². The fourth-order valence-electron chi connectivity index (χ4n) is 4.32. The Morgan fingerprint density at radius 2 is 1.82 bits per heavy atom. The molecule has 6 nitrogen and oxygen atoms in total. The van der Waals surface area contributed by atoms with E-state index >= 15 is 0 Å². The first-order valence-corrected chi connectivity index (χ1v) is 10.4. The van der Waals surface area contributed by atoms with Crippen molar-refractivity contribution in [3.8, 4) is 0 Å². The molecule has 2 heterocycles. The number of piperidine rings is 2. The topological polar surface area (TPSA) is 70.7 Å². The van der Waals surface area contributed by atoms with Crippen molar-refractivity contribution in [2.24, 2.45) is 11.3 Å². The number of carbonyl (C=O) groups excluding carboxylic acids is 2. The third-order valence-corrected chi connectivity index (χ3v) is 6.18. The minimum atomic E-state index is -0.402. The van der Waals surface area contributed by atoms with Crippen molar-refractivity contribution in [1.82, 2.24) is 15.5 Å². The zero-order valence-corrected chi connectivity index (χ0v) is 17.1. The number of nitrogens with one attached hydrogen (secondary N) is 2. The molecule has 2 saturated heterocycles. The van der Waals surface area contributed by atoms with Crippen LogP contribution in [0.15, 0.2) is 24.3 Å². The molecule has 2 N–H and O–H groups in total. The van der Waals surface area contributed by atoms with Gasteiger partial charge in [0.15, 0.2) is 0 Å². The predicted octanol–water partition coefficient (Wildman–Crippen LogP) is 1.87. The molecule has 0 saturated carbocycles. The van der Waals surface area contributed by atoms with Crippen LogP contribution < -0.4 is 10.6 Å². The summed E-state index contributed by atoms with van der Waals surface area (Å²) in [6.45, 7) is 6.10. The summed E-state index contributed by atoms with van der Waals surface area (Å²) in [6.07, 6.45) is 3.09. The van der Waals surface area contributed by atoms with E-state index in [1.165, 1.54) is 5.56 Å². The van der Waals surface area contributed by atoms with E-state index in [0.29, 0.717) is 26.2 Å². The second-order valence-electron chi connectivity index (χ2n) is 8.23. The highest BCUT2D eigenvalue weighted by atomic mass is 16.5. The van der Waals surface area contributed by atoms with Crippen LogP contribution in [-0.4, -0.2) is 56.6 Å². The van der Waals surface area contributed by atoms with Crippen molar-refractivity contribution in [3.05, 3.63) is 35.4 Å². The van der Waals surface area contributed by atoms with Crippen molar-refractivity contribution in [2.45, 2.75) is 39.2 Å². The molecule has 2 aliphatic rings. The maximum Gasteiger partial charge on any atom is 0.231 e. The van der Waals surface area contributed by atoms with Crippen molar-refractivity contribution in [2.75, 3.05) is 39.9 Å². The van der Waals surface area contributed by atoms with E-state index in [1.807, 2.05) is 17.0 Å². The molecule has 3 rings (SSSR count). The van der Waals surface area contributed by atoms with Gasteiger partial charge >= 0.3 is 0 Å². The Bertz CT molecular complexity index is 655. The van der Waals surface area contributed by atoms with Gasteiger partial charge in [0.25, 0.3) is 0 Å². The molecule has 0 aromatic heterocycles. The Hall–Kier alpha value is -1.92. The van der Waals surface area contributed by atoms with Gasteiger partial charge in [-0.15, -0.1) is 0 Å². The highest BCUT2D eigenvalue weighted by Crippen LogP contribution is 2.33. The van der Waals surface area contributed by atoms with Crippen LogP contribution >= 0.6 is 0 Å². The Labute approximate surface area is 168 Å². The Morgan fingerprint density at radius 1 is 1.18 bits per heavy atom. The lowest BCUT2D eigenvalue weighted by Crippen LogP contribution is -2.54. The molecule has 2 fully saturated rings. The smallest absolute Gasteiger partial charge is 0.231 e. The van der Waals surface area contributed by atoms with Gasteiger partial charge in [-0.1, -0.05) is 29.8 Å². The van der Waals surface area contributed by atoms with E-state index in [2.05, 4.69) is 29.7 Å². The molecule has 28 heavy (non-hydrogen) atoms. The first-order valence-electron chi connectivity index (χ1n) is 10.4. The van der Waals surface area contributed by atoms with Crippen LogP contribution in [-0.2, 0) is 20.9 Å². The fourth-order valence-corrected chi connectivity index (χ4v) is 4.32. The number of carbonyl (C=O) groups is 2. The number of nitrogens with zero attached hydrogens (tertiary/aromatic N) is 1. The zero-order valence-electron chi connectivity index (χ0n) is 17.1. The quantitative estimate of drug-likeness (QED) is 0.782. The van der Waals surface area contributed by atoms with E-state index in [0.717, 1.165) is 44.3 Å². The minimum absolute atomic E-state index is 0.0131. The molecule has 6 heteroatoms. The van der Waals surface area contributed by atoms with Crippen LogP contribution in [0.1, 0.15) is 36.8 Å². The standard InChI is InChI=1S/C22H33N3O3/c1-17-3-5-18(6-4-17)15-24-20(26)19-7-13-25(14-8-19)21(27)22(16-28-2)9-11-23-12-10-22/h3-6,19,23H,7-16H2,1-2H3,(H,24,26). The highest BCUT2D eigenvalue weighted by Gasteiger charge is 2.43. The Morgan fingerprint density at radius 3 is 2.43 bits per heavy atom. The van der Waals surface area contributed by atoms with Gasteiger partial charge in [-0.3, -0.25) is 9.59 Å². The van der Waals surface area contributed by atoms with E-state index in [9.17, 15) is 9.59 Å². The molecule has 2 aliphatic heterocycles. The van der Waals surface area contributed by atoms with Gasteiger partial charge in [0, 0.05) is 32.7 Å². The number of hydrogen-bond donors (Lipinski definition) is 2. The second-order valence-corrected chi connectivity index (χ2v) is 8.23. The molecular weight excluding hydrogens is 354 g/mol. The summed E-state index contributed by atoms with van der Waals surface area (Å²) in [7, 11) is 1.67. The summed E-state index contributed by atoms with van der Waals surface area (Å²) >= 11 is 0. The molecule has 154 valence electrons. The molecule has 0 atom stereocenters. The monoisotopic (exact) mass is 387 g/mol. The number of hydrogen-bond acceptors (Lipinski definition) is 4. The first-order chi connectivity index (χ1) is 13.5. The van der Waals surface area contributed by atoms with Gasteiger partial charge < -0.3 is 20.3 Å². The van der Waals surface area contributed by atoms with E-state index < -0.39 is 5.41 Å². The van der Waals surface area contributed by atoms with Gasteiger partial charge in [0.2, 0.25) is 11.8 Å². The maximum absolute atomic E-state index is 13.2. The molecule has 0 bridgehead atoms. The summed E-state index contributed by atoms with van der Waals surface area (Å²) in [6, 6.07) is 8.21. The number of rotatable bonds is 6. The number of likely N-dealkylation sites (tertiary alicyclic amines) is 1. The van der Waals surface area contributed by atoms with Gasteiger partial charge in [-0.2, -0.15) is 0 Å². The van der Waals surface area contributed by atoms with Gasteiger partial charge in [-0.25, -0.2) is 0 Å². The molecule has 1 aromatic carbocycles. The lowest BCUT2D eigenvalue weighted by molar-refractivity contribution is -0.150. The number of benzene rings is 1. The van der Waals surface area contributed by atoms with Crippen LogP contribution in [0.2, 0.25) is 0 Å². The van der Waals surface area contributed by atoms with Crippen molar-refractivity contribution >= 4 is 11.8 Å². The number of ether oxygens (including phenoxy) is 1. The minimum Gasteiger partial charge on any atom is -0.384 e. The summed E-state index contributed by atoms with van der Waals surface area (Å²) in [4.78, 5) is 27.7. The molecule has 0 unspecified atom stereocenters. The average Bonchev–Trinajstić information content (AvgIpc) is 2.73. The van der Waals surface area contributed by atoms with E-state index in [1.54, 1.807) is 7.11 Å².